The average Bonchev–Trinajstić information content (AvgIpc) is 3.13. The van der Waals surface area contributed by atoms with Crippen LogP contribution < -0.4 is 5.32 Å². The Morgan fingerprint density at radius 2 is 1.52 bits per heavy atom. The SMILES string of the molecule is Cc1cc(C)cc(Nc2ccc3c(c2)CCc2cc(C)c4c(oc5ccccc54)c2-3)c1. The van der Waals surface area contributed by atoms with Crippen LogP contribution in [0.3, 0.4) is 0 Å². The lowest BCUT2D eigenvalue weighted by Gasteiger charge is -2.22. The Hall–Kier alpha value is -3.52. The molecule has 0 saturated carbocycles. The average molecular weight is 404 g/mol. The molecule has 31 heavy (non-hydrogen) atoms. The number of para-hydroxylation sites is 1. The van der Waals surface area contributed by atoms with E-state index in [1.807, 2.05) is 6.07 Å². The first kappa shape index (κ1) is 18.3. The molecule has 5 aromatic rings. The highest BCUT2D eigenvalue weighted by atomic mass is 16.3. The van der Waals surface area contributed by atoms with Crippen LogP contribution in [0.5, 0.6) is 0 Å². The third-order valence-corrected chi connectivity index (χ3v) is 6.48. The van der Waals surface area contributed by atoms with Crippen LogP contribution in [0, 0.1) is 20.8 Å². The predicted octanol–water partition coefficient (Wildman–Crippen LogP) is 8.02. The van der Waals surface area contributed by atoms with Gasteiger partial charge in [-0.3, -0.25) is 0 Å². The van der Waals surface area contributed by atoms with Gasteiger partial charge < -0.3 is 9.73 Å². The number of fused-ring (bicyclic) bond motifs is 7. The van der Waals surface area contributed by atoms with E-state index in [-0.39, 0.29) is 0 Å². The van der Waals surface area contributed by atoms with Crippen LogP contribution in [-0.4, -0.2) is 0 Å². The van der Waals surface area contributed by atoms with Crippen molar-refractivity contribution in [1.29, 1.82) is 0 Å². The Morgan fingerprint density at radius 3 is 2.35 bits per heavy atom. The zero-order valence-corrected chi connectivity index (χ0v) is 18.2. The Labute approximate surface area is 182 Å². The lowest BCUT2D eigenvalue weighted by molar-refractivity contribution is 0.668. The summed E-state index contributed by atoms with van der Waals surface area (Å²) in [6.45, 7) is 6.49. The molecule has 1 heterocycles. The van der Waals surface area contributed by atoms with Crippen LogP contribution in [0.25, 0.3) is 33.1 Å². The summed E-state index contributed by atoms with van der Waals surface area (Å²) in [4.78, 5) is 0. The van der Waals surface area contributed by atoms with E-state index >= 15 is 0 Å². The third kappa shape index (κ3) is 2.94. The molecule has 0 bridgehead atoms. The monoisotopic (exact) mass is 403 g/mol. The van der Waals surface area contributed by atoms with Gasteiger partial charge in [-0.05, 0) is 97.3 Å². The standard InChI is InChI=1S/C29H25NO/c1-17-12-18(2)14-23(13-17)30-22-10-11-24-20(16-22)8-9-21-15-19(3)27-25-6-4-5-7-26(25)31-29(27)28(21)24/h4-7,10-16,30H,8-9H2,1-3H3. The maximum atomic E-state index is 6.43. The van der Waals surface area contributed by atoms with Gasteiger partial charge in [-0.2, -0.15) is 0 Å². The molecular weight excluding hydrogens is 378 g/mol. The predicted molar refractivity (Wildman–Crippen MR) is 130 cm³/mol. The van der Waals surface area contributed by atoms with Crippen molar-refractivity contribution in [3.63, 3.8) is 0 Å². The number of aryl methyl sites for hydroxylation is 5. The second-order valence-corrected chi connectivity index (χ2v) is 8.90. The molecule has 0 amide bonds. The van der Waals surface area contributed by atoms with Crippen molar-refractivity contribution in [2.24, 2.45) is 0 Å². The molecule has 0 saturated heterocycles. The highest BCUT2D eigenvalue weighted by Gasteiger charge is 2.23. The molecule has 0 aliphatic heterocycles. The molecule has 0 fully saturated rings. The fraction of sp³-hybridized carbons (Fsp3) is 0.172. The number of furan rings is 1. The summed E-state index contributed by atoms with van der Waals surface area (Å²) in [6.07, 6.45) is 2.10. The van der Waals surface area contributed by atoms with E-state index in [2.05, 4.69) is 86.8 Å². The molecule has 1 N–H and O–H groups in total. The second-order valence-electron chi connectivity index (χ2n) is 8.90. The molecule has 2 heteroatoms. The van der Waals surface area contributed by atoms with E-state index in [1.54, 1.807) is 0 Å². The summed E-state index contributed by atoms with van der Waals surface area (Å²) in [5.41, 5.74) is 13.5. The fourth-order valence-corrected chi connectivity index (χ4v) is 5.26. The van der Waals surface area contributed by atoms with Crippen LogP contribution >= 0.6 is 0 Å². The van der Waals surface area contributed by atoms with Crippen LogP contribution in [0.4, 0.5) is 11.4 Å². The Bertz CT molecular complexity index is 1470. The van der Waals surface area contributed by atoms with E-state index in [9.17, 15) is 0 Å². The van der Waals surface area contributed by atoms with E-state index < -0.39 is 0 Å². The van der Waals surface area contributed by atoms with Gasteiger partial charge in [0.1, 0.15) is 11.2 Å². The van der Waals surface area contributed by atoms with Crippen molar-refractivity contribution in [2.75, 3.05) is 5.32 Å². The van der Waals surface area contributed by atoms with E-state index in [0.717, 1.165) is 35.4 Å². The summed E-state index contributed by atoms with van der Waals surface area (Å²) in [7, 11) is 0. The Balaban J connectivity index is 1.50. The maximum absolute atomic E-state index is 6.43. The summed E-state index contributed by atoms with van der Waals surface area (Å²) in [6, 6.07) is 24.1. The van der Waals surface area contributed by atoms with Gasteiger partial charge in [-0.15, -0.1) is 0 Å². The van der Waals surface area contributed by atoms with Crippen LogP contribution in [0.15, 0.2) is 71.1 Å². The molecule has 0 unspecified atom stereocenters. The molecule has 6 rings (SSSR count). The Kier molecular flexibility index (Phi) is 3.97. The largest absolute Gasteiger partial charge is 0.455 e. The number of hydrogen-bond donors (Lipinski definition) is 1. The normalized spacial score (nSPS) is 12.7. The van der Waals surface area contributed by atoms with Crippen LogP contribution in [0.2, 0.25) is 0 Å². The van der Waals surface area contributed by atoms with Gasteiger partial charge in [-0.1, -0.05) is 36.4 Å². The first-order valence-corrected chi connectivity index (χ1v) is 11.0. The second kappa shape index (κ2) is 6.75. The van der Waals surface area contributed by atoms with Gasteiger partial charge in [0.2, 0.25) is 0 Å². The first-order chi connectivity index (χ1) is 15.1. The van der Waals surface area contributed by atoms with Crippen molar-refractivity contribution in [3.8, 4) is 11.1 Å². The van der Waals surface area contributed by atoms with Crippen molar-refractivity contribution < 1.29 is 4.42 Å². The topological polar surface area (TPSA) is 25.2 Å². The molecule has 4 aromatic carbocycles. The molecule has 1 aliphatic carbocycles. The van der Waals surface area contributed by atoms with Gasteiger partial charge in [0, 0.05) is 27.7 Å². The molecule has 1 aliphatic rings. The maximum Gasteiger partial charge on any atom is 0.143 e. The van der Waals surface area contributed by atoms with Crippen molar-refractivity contribution in [2.45, 2.75) is 33.6 Å². The number of hydrogen-bond acceptors (Lipinski definition) is 2. The van der Waals surface area contributed by atoms with Crippen LogP contribution in [-0.2, 0) is 12.8 Å². The quantitative estimate of drug-likeness (QED) is 0.323. The van der Waals surface area contributed by atoms with Crippen LogP contribution in [0.1, 0.15) is 27.8 Å². The molecule has 0 radical (unpaired) electrons. The lowest BCUT2D eigenvalue weighted by atomic mass is 9.83. The summed E-state index contributed by atoms with van der Waals surface area (Å²) in [5.74, 6) is 0. The van der Waals surface area contributed by atoms with Crippen molar-refractivity contribution in [1.82, 2.24) is 0 Å². The van der Waals surface area contributed by atoms with Gasteiger partial charge >= 0.3 is 0 Å². The molecule has 152 valence electrons. The highest BCUT2D eigenvalue weighted by molar-refractivity contribution is 6.12. The molecular formula is C29H25NO. The minimum Gasteiger partial charge on any atom is -0.455 e. The van der Waals surface area contributed by atoms with E-state index in [1.165, 1.54) is 49.7 Å². The molecule has 0 atom stereocenters. The summed E-state index contributed by atoms with van der Waals surface area (Å²) in [5, 5.41) is 6.06. The Morgan fingerprint density at radius 1 is 0.742 bits per heavy atom. The van der Waals surface area contributed by atoms with Gasteiger partial charge in [0.05, 0.1) is 0 Å². The number of benzene rings is 4. The highest BCUT2D eigenvalue weighted by Crippen LogP contribution is 2.44. The first-order valence-electron chi connectivity index (χ1n) is 11.0. The zero-order chi connectivity index (χ0) is 21.1. The number of nitrogens with one attached hydrogen (secondary N) is 1. The van der Waals surface area contributed by atoms with Crippen molar-refractivity contribution in [3.05, 3.63) is 94.5 Å². The van der Waals surface area contributed by atoms with Crippen molar-refractivity contribution >= 4 is 33.3 Å². The molecule has 2 nitrogen and oxygen atoms in total. The van der Waals surface area contributed by atoms with E-state index in [4.69, 9.17) is 4.42 Å². The van der Waals surface area contributed by atoms with Gasteiger partial charge in [0.25, 0.3) is 0 Å². The number of anilines is 2. The third-order valence-electron chi connectivity index (χ3n) is 6.48. The van der Waals surface area contributed by atoms with Gasteiger partial charge in [-0.25, -0.2) is 0 Å². The smallest absolute Gasteiger partial charge is 0.143 e. The fourth-order valence-electron chi connectivity index (χ4n) is 5.26. The number of rotatable bonds is 2. The zero-order valence-electron chi connectivity index (χ0n) is 18.2. The molecule has 0 spiro atoms. The summed E-state index contributed by atoms with van der Waals surface area (Å²) < 4.78 is 6.43. The van der Waals surface area contributed by atoms with Gasteiger partial charge in [0.15, 0.2) is 0 Å². The van der Waals surface area contributed by atoms with E-state index in [0.29, 0.717) is 0 Å². The minimum absolute atomic E-state index is 0.967. The lowest BCUT2D eigenvalue weighted by Crippen LogP contribution is -2.05. The molecule has 1 aromatic heterocycles. The minimum atomic E-state index is 0.967. The summed E-state index contributed by atoms with van der Waals surface area (Å²) >= 11 is 0.